The van der Waals surface area contributed by atoms with Crippen LogP contribution >= 0.6 is 58.0 Å². The molecule has 5 N–H and O–H groups in total. The molecule has 0 spiro atoms. The van der Waals surface area contributed by atoms with Crippen LogP contribution in [0.2, 0.25) is 25.1 Å². The third kappa shape index (κ3) is 11.9. The Kier molecular flexibility index (Phi) is 16.7. The van der Waals surface area contributed by atoms with E-state index in [0.717, 1.165) is 62.7 Å². The number of fused-ring (bicyclic) bond motifs is 5. The fourth-order valence-electron chi connectivity index (χ4n) is 8.21. The summed E-state index contributed by atoms with van der Waals surface area (Å²) in [7, 11) is 0. The first-order chi connectivity index (χ1) is 31.7. The molecule has 5 heterocycles. The van der Waals surface area contributed by atoms with Crippen LogP contribution in [0.4, 0.5) is 8.78 Å². The van der Waals surface area contributed by atoms with Crippen molar-refractivity contribution in [1.82, 2.24) is 24.9 Å². The lowest BCUT2D eigenvalue weighted by atomic mass is 9.87. The summed E-state index contributed by atoms with van der Waals surface area (Å²) in [5, 5.41) is 8.47. The summed E-state index contributed by atoms with van der Waals surface area (Å²) in [6.45, 7) is 18.4. The van der Waals surface area contributed by atoms with E-state index >= 15 is 0 Å². The summed E-state index contributed by atoms with van der Waals surface area (Å²) >= 11 is 29.7. The molecule has 13 heteroatoms. The van der Waals surface area contributed by atoms with E-state index in [9.17, 15) is 13.6 Å². The molecular formula is C54H54Cl5F2N5O. The maximum atomic E-state index is 13.1. The van der Waals surface area contributed by atoms with E-state index in [1.165, 1.54) is 69.5 Å². The normalized spacial score (nSPS) is 11.2. The number of hydrogen-bond acceptors (Lipinski definition) is 1. The molecule has 0 fully saturated rings. The number of aryl methyl sites for hydroxylation is 5. The second-order valence-electron chi connectivity index (χ2n) is 17.2. The second-order valence-corrected chi connectivity index (χ2v) is 19.3. The number of Topliss-reactive ketones (excluding diaryl/α,β-unsaturated/α-hetero) is 1. The molecule has 5 aromatic carbocycles. The third-order valence-corrected chi connectivity index (χ3v) is 13.3. The molecule has 6 nitrogen and oxygen atoms in total. The number of benzene rings is 5. The maximum absolute atomic E-state index is 13.1. The number of carbonyl (C=O) groups is 1. The topological polar surface area (TPSA) is 96.0 Å². The highest BCUT2D eigenvalue weighted by atomic mass is 35.5. The molecule has 0 amide bonds. The molecule has 0 atom stereocenters. The molecule has 0 aliphatic carbocycles. The van der Waals surface area contributed by atoms with Crippen LogP contribution in [0.5, 0.6) is 0 Å². The molecule has 0 aliphatic heterocycles. The predicted octanol–water partition coefficient (Wildman–Crippen LogP) is 18.2. The van der Waals surface area contributed by atoms with Gasteiger partial charge < -0.3 is 24.9 Å². The number of aromatic nitrogens is 5. The number of hydrogen-bond donors (Lipinski definition) is 5. The first-order valence-corrected chi connectivity index (χ1v) is 23.9. The largest absolute Gasteiger partial charge is 0.361 e. The molecule has 0 radical (unpaired) electrons. The Morgan fingerprint density at radius 2 is 1.00 bits per heavy atom. The molecular weight excluding hydrogens is 950 g/mol. The molecule has 0 bridgehead atoms. The number of halogens is 7. The van der Waals surface area contributed by atoms with Crippen molar-refractivity contribution in [3.05, 3.63) is 173 Å². The van der Waals surface area contributed by atoms with Gasteiger partial charge in [-0.3, -0.25) is 4.79 Å². The average Bonchev–Trinajstić information content (AvgIpc) is 4.10. The lowest BCUT2D eigenvalue weighted by Crippen LogP contribution is -2.09. The minimum Gasteiger partial charge on any atom is -0.361 e. The van der Waals surface area contributed by atoms with E-state index in [-0.39, 0.29) is 22.8 Å². The van der Waals surface area contributed by atoms with Gasteiger partial charge in [0.1, 0.15) is 11.6 Å². The van der Waals surface area contributed by atoms with Gasteiger partial charge in [-0.25, -0.2) is 8.78 Å². The van der Waals surface area contributed by atoms with Crippen molar-refractivity contribution in [3.63, 3.8) is 0 Å². The van der Waals surface area contributed by atoms with Gasteiger partial charge in [-0.05, 0) is 147 Å². The van der Waals surface area contributed by atoms with Crippen molar-refractivity contribution >= 4 is 118 Å². The van der Waals surface area contributed by atoms with Crippen LogP contribution in [0.25, 0.3) is 54.5 Å². The highest BCUT2D eigenvalue weighted by Gasteiger charge is 2.18. The average molecular weight is 1000 g/mol. The summed E-state index contributed by atoms with van der Waals surface area (Å²) < 4.78 is 25.9. The summed E-state index contributed by atoms with van der Waals surface area (Å²) in [6.07, 6.45) is 8.61. The second kappa shape index (κ2) is 21.8. The van der Waals surface area contributed by atoms with Crippen molar-refractivity contribution < 1.29 is 13.6 Å². The number of H-pyrrole nitrogens is 5. The van der Waals surface area contributed by atoms with E-state index in [0.29, 0.717) is 31.0 Å². The number of rotatable bonds is 4. The zero-order chi connectivity index (χ0) is 48.9. The van der Waals surface area contributed by atoms with Crippen LogP contribution in [-0.4, -0.2) is 30.7 Å². The Morgan fingerprint density at radius 3 is 1.57 bits per heavy atom. The third-order valence-electron chi connectivity index (χ3n) is 11.6. The van der Waals surface area contributed by atoms with Gasteiger partial charge in [0.2, 0.25) is 0 Å². The molecule has 0 saturated carbocycles. The molecule has 67 heavy (non-hydrogen) atoms. The van der Waals surface area contributed by atoms with E-state index in [2.05, 4.69) is 80.3 Å². The minimum atomic E-state index is -0.324. The van der Waals surface area contributed by atoms with Gasteiger partial charge in [0.05, 0.1) is 20.1 Å². The van der Waals surface area contributed by atoms with Crippen molar-refractivity contribution in [1.29, 1.82) is 0 Å². The van der Waals surface area contributed by atoms with Gasteiger partial charge in [0, 0.05) is 95.1 Å². The molecule has 350 valence electrons. The molecule has 0 aliphatic rings. The smallest absolute Gasteiger partial charge is 0.161 e. The van der Waals surface area contributed by atoms with Crippen molar-refractivity contribution in [2.24, 2.45) is 0 Å². The molecule has 10 aromatic rings. The number of aromatic amines is 5. The van der Waals surface area contributed by atoms with Crippen LogP contribution < -0.4 is 0 Å². The first-order valence-electron chi connectivity index (χ1n) is 22.0. The van der Waals surface area contributed by atoms with Gasteiger partial charge >= 0.3 is 0 Å². The van der Waals surface area contributed by atoms with Crippen molar-refractivity contribution in [3.8, 4) is 0 Å². The monoisotopic (exact) mass is 1000 g/mol. The van der Waals surface area contributed by atoms with Crippen molar-refractivity contribution in [2.45, 2.75) is 87.0 Å². The number of ketones is 1. The van der Waals surface area contributed by atoms with Gasteiger partial charge in [0.25, 0.3) is 0 Å². The van der Waals surface area contributed by atoms with Crippen LogP contribution in [0.1, 0.15) is 92.5 Å². The van der Waals surface area contributed by atoms with Gasteiger partial charge in [-0.2, -0.15) is 0 Å². The van der Waals surface area contributed by atoms with E-state index in [1.807, 2.05) is 54.9 Å². The van der Waals surface area contributed by atoms with Gasteiger partial charge in [-0.1, -0.05) is 99.5 Å². The number of nitrogens with one attached hydrogen (secondary N) is 5. The minimum absolute atomic E-state index is 0.0477. The van der Waals surface area contributed by atoms with E-state index < -0.39 is 0 Å². The van der Waals surface area contributed by atoms with Crippen LogP contribution in [0, 0.1) is 25.5 Å². The number of carbonyl (C=O) groups excluding carboxylic acids is 1. The van der Waals surface area contributed by atoms with Gasteiger partial charge in [0.15, 0.2) is 5.78 Å². The zero-order valence-electron chi connectivity index (χ0n) is 38.9. The maximum Gasteiger partial charge on any atom is 0.161 e. The summed E-state index contributed by atoms with van der Waals surface area (Å²) in [6, 6.07) is 22.8. The van der Waals surface area contributed by atoms with Crippen LogP contribution in [0.15, 0.2) is 97.5 Å². The Bertz CT molecular complexity index is 3350. The Labute approximate surface area is 414 Å². The SMILES string of the molecule is CC(=O)c1c[nH]c2ccc(F)cc12.CC(C)(C)c1c[nH]c2ccc(F)cc12.CCc1c(C)[nH]c2cc(Cl)c(Cl)cc12.CCc1c(C)[nH]c2ccc(Cl)cc12.CCc1c[nH]c2cc(Cl)c(Cl)cc12. The highest BCUT2D eigenvalue weighted by Crippen LogP contribution is 2.33. The summed E-state index contributed by atoms with van der Waals surface area (Å²) in [5.74, 6) is -0.561. The van der Waals surface area contributed by atoms with Crippen LogP contribution in [-0.2, 0) is 24.7 Å². The van der Waals surface area contributed by atoms with Crippen LogP contribution in [0.3, 0.4) is 0 Å². The molecule has 0 unspecified atom stereocenters. The highest BCUT2D eigenvalue weighted by molar-refractivity contribution is 6.43. The summed E-state index contributed by atoms with van der Waals surface area (Å²) in [4.78, 5) is 27.0. The zero-order valence-corrected chi connectivity index (χ0v) is 42.7. The van der Waals surface area contributed by atoms with E-state index in [4.69, 9.17) is 58.0 Å². The first kappa shape index (κ1) is 51.2. The predicted molar refractivity (Wildman–Crippen MR) is 283 cm³/mol. The van der Waals surface area contributed by atoms with Gasteiger partial charge in [-0.15, -0.1) is 0 Å². The summed E-state index contributed by atoms with van der Waals surface area (Å²) in [5.41, 5.74) is 13.2. The lowest BCUT2D eigenvalue weighted by Gasteiger charge is -2.17. The molecule has 10 rings (SSSR count). The van der Waals surface area contributed by atoms with E-state index in [1.54, 1.807) is 24.4 Å². The fraction of sp³-hybridized carbons (Fsp3) is 0.241. The Hall–Kier alpha value is -5.22. The Morgan fingerprint density at radius 1 is 0.522 bits per heavy atom. The lowest BCUT2D eigenvalue weighted by molar-refractivity contribution is 0.101. The van der Waals surface area contributed by atoms with Crippen molar-refractivity contribution in [2.75, 3.05) is 0 Å². The quantitative estimate of drug-likeness (QED) is 0.112. The fourth-order valence-corrected chi connectivity index (χ4v) is 9.04. The standard InChI is InChI=1S/C12H14FN.C11H11Cl2N.C11H12ClN.C10H9Cl2N.C10H8FNO/c1-12(2,3)10-7-14-11-5-4-8(13)6-9(10)11;1-3-7-6(2)14-11-5-10(13)9(12)4-8(7)11;1-3-9-7(2)13-11-5-4-8(12)6-10(9)11;1-2-6-5-13-10-4-9(12)8(11)3-7(6)10;1-6(13)9-5-12-10-3-2-7(11)4-8(9)10/h4-7,14H,1-3H3;4-5,14H,3H2,1-2H3;4-6,13H,3H2,1-2H3;3-5,13H,2H2,1H3;2-5,12H,1H3. The molecule has 5 aromatic heterocycles. The molecule has 0 saturated heterocycles. The Balaban J connectivity index is 0.000000138.